The van der Waals surface area contributed by atoms with Gasteiger partial charge in [0.2, 0.25) is 12.5 Å². The van der Waals surface area contributed by atoms with Crippen LogP contribution in [0.1, 0.15) is 29.3 Å². The molecule has 0 spiro atoms. The van der Waals surface area contributed by atoms with Gasteiger partial charge in [0.1, 0.15) is 17.6 Å². The second-order valence-electron chi connectivity index (χ2n) is 6.51. The highest BCUT2D eigenvalue weighted by Crippen LogP contribution is 2.27. The van der Waals surface area contributed by atoms with E-state index in [0.29, 0.717) is 46.8 Å². The van der Waals surface area contributed by atoms with Crippen LogP contribution in [0.2, 0.25) is 0 Å². The molecule has 1 atom stereocenters. The maximum absolute atomic E-state index is 10.8. The summed E-state index contributed by atoms with van der Waals surface area (Å²) < 4.78 is 10.8. The number of nitro groups is 1. The SMILES string of the molecule is C=Cc1cnc(Nc2ccc3c(c2)B(O)OC3C[N+](=O)[O-])nc1C(=C)OCCCO. The molecule has 1 aliphatic heterocycles. The minimum atomic E-state index is -1.24. The van der Waals surface area contributed by atoms with Gasteiger partial charge in [-0.15, -0.1) is 0 Å². The van der Waals surface area contributed by atoms with E-state index in [0.717, 1.165) is 0 Å². The predicted octanol–water partition coefficient (Wildman–Crippen LogP) is 1.27. The Morgan fingerprint density at radius 2 is 2.30 bits per heavy atom. The second kappa shape index (κ2) is 9.48. The second-order valence-corrected chi connectivity index (χ2v) is 6.51. The largest absolute Gasteiger partial charge is 0.492 e. The summed E-state index contributed by atoms with van der Waals surface area (Å²) in [6.07, 6.45) is 2.82. The highest BCUT2D eigenvalue weighted by Gasteiger charge is 2.37. The molecule has 1 aromatic heterocycles. The van der Waals surface area contributed by atoms with Crippen LogP contribution in [0.25, 0.3) is 11.8 Å². The summed E-state index contributed by atoms with van der Waals surface area (Å²) in [6.45, 7) is 7.48. The Balaban J connectivity index is 1.80. The molecule has 10 nitrogen and oxygen atoms in total. The molecule has 0 saturated carbocycles. The standard InChI is InChI=1S/C19H21BN4O6/c1-3-13-10-21-19(23-18(13)12(2)29-8-4-7-25)22-14-5-6-15-16(9-14)20(26)30-17(15)11-24(27)28/h3,5-6,9-10,17,25-26H,1-2,4,7-8,11H2,(H,21,22,23). The van der Waals surface area contributed by atoms with E-state index in [1.54, 1.807) is 30.5 Å². The first kappa shape index (κ1) is 21.4. The van der Waals surface area contributed by atoms with Crippen LogP contribution in [0.3, 0.4) is 0 Å². The molecule has 1 aromatic carbocycles. The lowest BCUT2D eigenvalue weighted by atomic mass is 9.79. The maximum Gasteiger partial charge on any atom is 0.492 e. The van der Waals surface area contributed by atoms with Crippen molar-refractivity contribution in [2.75, 3.05) is 25.1 Å². The van der Waals surface area contributed by atoms with Crippen LogP contribution in [0.4, 0.5) is 11.6 Å². The van der Waals surface area contributed by atoms with Crippen molar-refractivity contribution < 1.29 is 24.4 Å². The molecule has 0 saturated heterocycles. The number of nitrogens with zero attached hydrogens (tertiary/aromatic N) is 3. The zero-order valence-corrected chi connectivity index (χ0v) is 16.2. The molecule has 156 valence electrons. The van der Waals surface area contributed by atoms with Crippen molar-refractivity contribution in [3.63, 3.8) is 0 Å². The van der Waals surface area contributed by atoms with Crippen molar-refractivity contribution in [3.8, 4) is 0 Å². The number of hydrogen-bond acceptors (Lipinski definition) is 9. The normalized spacial score (nSPS) is 14.9. The lowest BCUT2D eigenvalue weighted by molar-refractivity contribution is -0.490. The number of aliphatic hydroxyl groups is 1. The summed E-state index contributed by atoms with van der Waals surface area (Å²) in [7, 11) is -1.24. The zero-order valence-electron chi connectivity index (χ0n) is 16.2. The molecule has 1 aliphatic rings. The smallest absolute Gasteiger partial charge is 0.492 e. The first-order valence-electron chi connectivity index (χ1n) is 9.21. The van der Waals surface area contributed by atoms with E-state index in [1.165, 1.54) is 0 Å². The first-order valence-corrected chi connectivity index (χ1v) is 9.21. The molecule has 2 heterocycles. The lowest BCUT2D eigenvalue weighted by Crippen LogP contribution is -2.28. The summed E-state index contributed by atoms with van der Waals surface area (Å²) >= 11 is 0. The van der Waals surface area contributed by atoms with E-state index in [1.807, 2.05) is 0 Å². The summed E-state index contributed by atoms with van der Waals surface area (Å²) in [5.74, 6) is 0.585. The molecule has 0 aliphatic carbocycles. The van der Waals surface area contributed by atoms with Crippen molar-refractivity contribution in [2.45, 2.75) is 12.5 Å². The minimum absolute atomic E-state index is 0.00852. The van der Waals surface area contributed by atoms with E-state index in [4.69, 9.17) is 14.5 Å². The molecule has 0 fully saturated rings. The molecule has 0 radical (unpaired) electrons. The molecule has 3 rings (SSSR count). The number of aliphatic hydroxyl groups excluding tert-OH is 1. The summed E-state index contributed by atoms with van der Waals surface area (Å²) in [4.78, 5) is 19.0. The molecular weight excluding hydrogens is 391 g/mol. The Morgan fingerprint density at radius 3 is 3.00 bits per heavy atom. The average molecular weight is 412 g/mol. The molecule has 11 heteroatoms. The Morgan fingerprint density at radius 1 is 1.50 bits per heavy atom. The quantitative estimate of drug-likeness (QED) is 0.173. The van der Waals surface area contributed by atoms with Gasteiger partial charge in [-0.05, 0) is 23.2 Å². The predicted molar refractivity (Wildman–Crippen MR) is 112 cm³/mol. The Kier molecular flexibility index (Phi) is 6.77. The van der Waals surface area contributed by atoms with Crippen LogP contribution in [0, 0.1) is 10.1 Å². The minimum Gasteiger partial charge on any atom is -0.492 e. The van der Waals surface area contributed by atoms with Crippen LogP contribution in [-0.4, -0.2) is 51.9 Å². The summed E-state index contributed by atoms with van der Waals surface area (Å²) in [5.41, 5.74) is 2.68. The first-order chi connectivity index (χ1) is 14.4. The molecule has 1 unspecified atom stereocenters. The van der Waals surface area contributed by atoms with Gasteiger partial charge in [0, 0.05) is 35.4 Å². The van der Waals surface area contributed by atoms with Gasteiger partial charge < -0.3 is 24.8 Å². The average Bonchev–Trinajstić information content (AvgIpc) is 3.02. The van der Waals surface area contributed by atoms with Crippen LogP contribution >= 0.6 is 0 Å². The van der Waals surface area contributed by atoms with Crippen molar-refractivity contribution in [2.24, 2.45) is 0 Å². The van der Waals surface area contributed by atoms with E-state index in [-0.39, 0.29) is 12.6 Å². The number of fused-ring (bicyclic) bond motifs is 1. The molecule has 0 amide bonds. The number of benzene rings is 1. The number of nitrogens with one attached hydrogen (secondary N) is 1. The monoisotopic (exact) mass is 412 g/mol. The number of aromatic nitrogens is 2. The van der Waals surface area contributed by atoms with Crippen molar-refractivity contribution >= 4 is 36.1 Å². The van der Waals surface area contributed by atoms with Crippen LogP contribution in [0.5, 0.6) is 0 Å². The number of rotatable bonds is 10. The number of ether oxygens (including phenoxy) is 1. The Bertz CT molecular complexity index is 970. The van der Waals surface area contributed by atoms with Gasteiger partial charge in [-0.2, -0.15) is 0 Å². The van der Waals surface area contributed by atoms with E-state index >= 15 is 0 Å². The fourth-order valence-electron chi connectivity index (χ4n) is 3.02. The van der Waals surface area contributed by atoms with Gasteiger partial charge in [0.05, 0.1) is 6.61 Å². The fourth-order valence-corrected chi connectivity index (χ4v) is 3.02. The zero-order chi connectivity index (χ0) is 21.7. The third-order valence-corrected chi connectivity index (χ3v) is 4.44. The van der Waals surface area contributed by atoms with E-state index < -0.39 is 24.7 Å². The lowest BCUT2D eigenvalue weighted by Gasteiger charge is -2.13. The number of hydrogen-bond donors (Lipinski definition) is 3. The van der Waals surface area contributed by atoms with Crippen molar-refractivity contribution in [3.05, 3.63) is 64.5 Å². The van der Waals surface area contributed by atoms with E-state index in [2.05, 4.69) is 28.4 Å². The summed E-state index contributed by atoms with van der Waals surface area (Å²) in [5, 5.41) is 32.8. The van der Waals surface area contributed by atoms with Gasteiger partial charge >= 0.3 is 7.12 Å². The van der Waals surface area contributed by atoms with Gasteiger partial charge in [0.25, 0.3) is 0 Å². The van der Waals surface area contributed by atoms with Crippen LogP contribution in [-0.2, 0) is 9.39 Å². The third-order valence-electron chi connectivity index (χ3n) is 4.44. The van der Waals surface area contributed by atoms with Crippen LogP contribution in [0.15, 0.2) is 37.6 Å². The molecule has 0 bridgehead atoms. The highest BCUT2D eigenvalue weighted by molar-refractivity contribution is 6.61. The van der Waals surface area contributed by atoms with Gasteiger partial charge in [-0.1, -0.05) is 25.3 Å². The highest BCUT2D eigenvalue weighted by atomic mass is 16.6. The van der Waals surface area contributed by atoms with Crippen molar-refractivity contribution in [1.29, 1.82) is 0 Å². The van der Waals surface area contributed by atoms with Gasteiger partial charge in [0.15, 0.2) is 0 Å². The molecule has 30 heavy (non-hydrogen) atoms. The third kappa shape index (κ3) is 4.82. The van der Waals surface area contributed by atoms with Gasteiger partial charge in [-0.25, -0.2) is 9.97 Å². The summed E-state index contributed by atoms with van der Waals surface area (Å²) in [6, 6.07) is 5.00. The molecule has 3 N–H and O–H groups in total. The maximum atomic E-state index is 10.8. The molecule has 2 aromatic rings. The van der Waals surface area contributed by atoms with Gasteiger partial charge in [-0.3, -0.25) is 10.1 Å². The Labute approximate surface area is 173 Å². The van der Waals surface area contributed by atoms with E-state index in [9.17, 15) is 15.1 Å². The fraction of sp³-hybridized carbons (Fsp3) is 0.263. The molecular formula is C19H21BN4O6. The number of anilines is 2. The topological polar surface area (TPSA) is 140 Å². The van der Waals surface area contributed by atoms with Crippen molar-refractivity contribution in [1.82, 2.24) is 9.97 Å². The van der Waals surface area contributed by atoms with Crippen LogP contribution < -0.4 is 10.8 Å². The Hall–Kier alpha value is -3.28.